The van der Waals surface area contributed by atoms with Crippen molar-refractivity contribution in [3.63, 3.8) is 0 Å². The van der Waals surface area contributed by atoms with Crippen molar-refractivity contribution >= 4 is 11.0 Å². The summed E-state index contributed by atoms with van der Waals surface area (Å²) >= 11 is 0. The number of furan rings is 1. The van der Waals surface area contributed by atoms with Crippen LogP contribution in [0, 0.1) is 12.8 Å². The Labute approximate surface area is 122 Å². The maximum atomic E-state index is 6.04. The highest BCUT2D eigenvalue weighted by Gasteiger charge is 2.24. The largest absolute Gasteiger partial charge is 0.461 e. The van der Waals surface area contributed by atoms with E-state index in [0.717, 1.165) is 30.9 Å². The number of fused-ring (bicyclic) bond motifs is 1. The minimum absolute atomic E-state index is 0.0664. The number of aryl methyl sites for hydroxylation is 1. The molecule has 20 heavy (non-hydrogen) atoms. The molecule has 0 aliphatic heterocycles. The minimum atomic E-state index is 0.0664. The fraction of sp³-hybridized carbons (Fsp3) is 0.556. The summed E-state index contributed by atoms with van der Waals surface area (Å²) in [5.74, 6) is 1.79. The van der Waals surface area contributed by atoms with Crippen molar-refractivity contribution in [1.29, 1.82) is 0 Å². The van der Waals surface area contributed by atoms with Crippen LogP contribution >= 0.6 is 0 Å². The third-order valence-electron chi connectivity index (χ3n) is 3.82. The maximum absolute atomic E-state index is 6.04. The van der Waals surface area contributed by atoms with Crippen LogP contribution < -0.4 is 5.32 Å². The molecule has 110 valence electrons. The molecule has 0 aliphatic rings. The molecule has 2 nitrogen and oxygen atoms in total. The number of benzene rings is 1. The van der Waals surface area contributed by atoms with Gasteiger partial charge in [-0.3, -0.25) is 0 Å². The van der Waals surface area contributed by atoms with Crippen molar-refractivity contribution in [2.75, 3.05) is 13.1 Å². The monoisotopic (exact) mass is 273 g/mol. The molecular weight excluding hydrogens is 246 g/mol. The molecule has 0 atom stereocenters. The Balaban J connectivity index is 2.06. The molecule has 0 fully saturated rings. The van der Waals surface area contributed by atoms with Crippen molar-refractivity contribution in [2.45, 2.75) is 46.5 Å². The topological polar surface area (TPSA) is 25.2 Å². The smallest absolute Gasteiger partial charge is 0.134 e. The normalized spacial score (nSPS) is 12.5. The van der Waals surface area contributed by atoms with Crippen LogP contribution in [-0.4, -0.2) is 13.1 Å². The van der Waals surface area contributed by atoms with Crippen LogP contribution in [0.2, 0.25) is 0 Å². The van der Waals surface area contributed by atoms with Crippen LogP contribution in [-0.2, 0) is 5.41 Å². The van der Waals surface area contributed by atoms with Crippen molar-refractivity contribution in [3.05, 3.63) is 35.6 Å². The van der Waals surface area contributed by atoms with E-state index >= 15 is 0 Å². The molecule has 0 aliphatic carbocycles. The molecule has 1 heterocycles. The van der Waals surface area contributed by atoms with Gasteiger partial charge in [0.25, 0.3) is 0 Å². The molecule has 0 unspecified atom stereocenters. The number of rotatable bonds is 6. The molecule has 0 saturated heterocycles. The van der Waals surface area contributed by atoms with Gasteiger partial charge in [-0.05, 0) is 50.6 Å². The highest BCUT2D eigenvalue weighted by Crippen LogP contribution is 2.32. The van der Waals surface area contributed by atoms with E-state index in [1.165, 1.54) is 10.9 Å². The van der Waals surface area contributed by atoms with Crippen LogP contribution in [0.5, 0.6) is 0 Å². The predicted octanol–water partition coefficient (Wildman–Crippen LogP) is 4.65. The fourth-order valence-electron chi connectivity index (χ4n) is 2.41. The Hall–Kier alpha value is -1.28. The Morgan fingerprint density at radius 3 is 2.65 bits per heavy atom. The molecule has 0 bridgehead atoms. The summed E-state index contributed by atoms with van der Waals surface area (Å²) in [7, 11) is 0. The van der Waals surface area contributed by atoms with Gasteiger partial charge >= 0.3 is 0 Å². The van der Waals surface area contributed by atoms with E-state index in [2.05, 4.69) is 64.2 Å². The van der Waals surface area contributed by atoms with Crippen molar-refractivity contribution in [1.82, 2.24) is 5.32 Å². The lowest BCUT2D eigenvalue weighted by atomic mass is 9.86. The van der Waals surface area contributed by atoms with E-state index in [-0.39, 0.29) is 5.41 Å². The summed E-state index contributed by atoms with van der Waals surface area (Å²) in [6.45, 7) is 13.2. The minimum Gasteiger partial charge on any atom is -0.461 e. The second-order valence-corrected chi connectivity index (χ2v) is 6.88. The van der Waals surface area contributed by atoms with Gasteiger partial charge in [0.2, 0.25) is 0 Å². The molecule has 1 N–H and O–H groups in total. The zero-order chi connectivity index (χ0) is 14.8. The molecule has 1 aromatic heterocycles. The van der Waals surface area contributed by atoms with Crippen molar-refractivity contribution in [2.24, 2.45) is 5.92 Å². The van der Waals surface area contributed by atoms with Crippen LogP contribution in [0.3, 0.4) is 0 Å². The van der Waals surface area contributed by atoms with Gasteiger partial charge < -0.3 is 9.73 Å². The first-order valence-corrected chi connectivity index (χ1v) is 7.60. The number of hydrogen-bond donors (Lipinski definition) is 1. The summed E-state index contributed by atoms with van der Waals surface area (Å²) in [5, 5.41) is 4.72. The summed E-state index contributed by atoms with van der Waals surface area (Å²) in [6, 6.07) is 8.56. The van der Waals surface area contributed by atoms with E-state index in [4.69, 9.17) is 4.42 Å². The first kappa shape index (κ1) is 15.1. The zero-order valence-corrected chi connectivity index (χ0v) is 13.4. The average Bonchev–Trinajstić information content (AvgIpc) is 2.78. The summed E-state index contributed by atoms with van der Waals surface area (Å²) in [5.41, 5.74) is 2.34. The number of hydrogen-bond acceptors (Lipinski definition) is 2. The SMILES string of the molecule is Cc1ccc2oc(C(C)(C)CCNCC(C)C)cc2c1. The van der Waals surface area contributed by atoms with E-state index in [1.807, 2.05) is 0 Å². The predicted molar refractivity (Wildman–Crippen MR) is 86.3 cm³/mol. The first-order valence-electron chi connectivity index (χ1n) is 7.60. The highest BCUT2D eigenvalue weighted by atomic mass is 16.3. The van der Waals surface area contributed by atoms with Gasteiger partial charge in [0, 0.05) is 10.8 Å². The maximum Gasteiger partial charge on any atom is 0.134 e. The third kappa shape index (κ3) is 3.63. The van der Waals surface area contributed by atoms with Crippen LogP contribution in [0.4, 0.5) is 0 Å². The van der Waals surface area contributed by atoms with Crippen molar-refractivity contribution < 1.29 is 4.42 Å². The Morgan fingerprint density at radius 1 is 1.20 bits per heavy atom. The molecule has 0 saturated carbocycles. The van der Waals surface area contributed by atoms with Gasteiger partial charge in [0.15, 0.2) is 0 Å². The van der Waals surface area contributed by atoms with Gasteiger partial charge in [0.05, 0.1) is 0 Å². The van der Waals surface area contributed by atoms with Gasteiger partial charge in [-0.15, -0.1) is 0 Å². The Bertz CT molecular complexity index is 566. The molecular formula is C18H27NO. The molecule has 0 spiro atoms. The molecule has 2 rings (SSSR count). The van der Waals surface area contributed by atoms with Gasteiger partial charge in [-0.1, -0.05) is 39.3 Å². The molecule has 2 aromatic rings. The molecule has 1 aromatic carbocycles. The Kier molecular flexibility index (Phi) is 4.54. The summed E-state index contributed by atoms with van der Waals surface area (Å²) in [6.07, 6.45) is 1.08. The van der Waals surface area contributed by atoms with E-state index in [9.17, 15) is 0 Å². The van der Waals surface area contributed by atoms with Crippen molar-refractivity contribution in [3.8, 4) is 0 Å². The lowest BCUT2D eigenvalue weighted by Gasteiger charge is -2.22. The first-order chi connectivity index (χ1) is 9.38. The van der Waals surface area contributed by atoms with Crippen LogP contribution in [0.1, 0.15) is 45.4 Å². The second-order valence-electron chi connectivity index (χ2n) is 6.88. The fourth-order valence-corrected chi connectivity index (χ4v) is 2.41. The van der Waals surface area contributed by atoms with E-state index < -0.39 is 0 Å². The quantitative estimate of drug-likeness (QED) is 0.775. The number of nitrogens with one attached hydrogen (secondary N) is 1. The average molecular weight is 273 g/mol. The van der Waals surface area contributed by atoms with E-state index in [0.29, 0.717) is 5.92 Å². The molecule has 2 heteroatoms. The third-order valence-corrected chi connectivity index (χ3v) is 3.82. The second kappa shape index (κ2) is 6.01. The van der Waals surface area contributed by atoms with E-state index in [1.54, 1.807) is 0 Å². The van der Waals surface area contributed by atoms with Gasteiger partial charge in [-0.2, -0.15) is 0 Å². The standard InChI is InChI=1S/C18H27NO/c1-13(2)12-19-9-8-18(4,5)17-11-15-10-14(3)6-7-16(15)20-17/h6-7,10-11,13,19H,8-9,12H2,1-5H3. The Morgan fingerprint density at radius 2 is 1.95 bits per heavy atom. The molecule has 0 amide bonds. The van der Waals surface area contributed by atoms with Crippen LogP contribution in [0.15, 0.2) is 28.7 Å². The summed E-state index contributed by atoms with van der Waals surface area (Å²) in [4.78, 5) is 0. The van der Waals surface area contributed by atoms with Gasteiger partial charge in [-0.25, -0.2) is 0 Å². The highest BCUT2D eigenvalue weighted by molar-refractivity contribution is 5.78. The molecule has 0 radical (unpaired) electrons. The van der Waals surface area contributed by atoms with Gasteiger partial charge in [0.1, 0.15) is 11.3 Å². The van der Waals surface area contributed by atoms with Crippen LogP contribution in [0.25, 0.3) is 11.0 Å². The lowest BCUT2D eigenvalue weighted by Crippen LogP contribution is -2.27. The zero-order valence-electron chi connectivity index (χ0n) is 13.4. The summed E-state index contributed by atoms with van der Waals surface area (Å²) < 4.78 is 6.04. The lowest BCUT2D eigenvalue weighted by molar-refractivity contribution is 0.367.